The molecule has 0 radical (unpaired) electrons. The van der Waals surface area contributed by atoms with Crippen molar-refractivity contribution >= 4 is 11.5 Å². The molecule has 0 saturated carbocycles. The standard InChI is InChI=1S/C5H5N.F2HNS/c1-2-4-6-5-3-1;1-4(2)3/h1-5H;3H. The Morgan fingerprint density at radius 3 is 1.60 bits per heavy atom. The summed E-state index contributed by atoms with van der Waals surface area (Å²) in [6, 6.07) is 5.72. The van der Waals surface area contributed by atoms with Gasteiger partial charge in [-0.15, -0.1) is 7.77 Å². The van der Waals surface area contributed by atoms with Crippen LogP contribution in [0.1, 0.15) is 0 Å². The smallest absolute Gasteiger partial charge is 0.258 e. The SMILES string of the molecule is N=S(F)F.c1ccncc1. The molecule has 1 N–H and O–H groups in total. The Kier molecular flexibility index (Phi) is 5.75. The van der Waals surface area contributed by atoms with E-state index in [9.17, 15) is 7.77 Å². The topological polar surface area (TPSA) is 36.7 Å². The second-order valence-electron chi connectivity index (χ2n) is 1.24. The Balaban J connectivity index is 0.000000180. The van der Waals surface area contributed by atoms with Gasteiger partial charge < -0.3 is 0 Å². The van der Waals surface area contributed by atoms with Crippen LogP contribution in [0, 0.1) is 4.78 Å². The van der Waals surface area contributed by atoms with Crippen molar-refractivity contribution in [3.05, 3.63) is 30.6 Å². The van der Waals surface area contributed by atoms with E-state index >= 15 is 0 Å². The van der Waals surface area contributed by atoms with Gasteiger partial charge >= 0.3 is 0 Å². The minimum atomic E-state index is -3.11. The molecule has 2 nitrogen and oxygen atoms in total. The third-order valence-electron chi connectivity index (χ3n) is 0.566. The minimum Gasteiger partial charge on any atom is -0.265 e. The Morgan fingerprint density at radius 2 is 1.50 bits per heavy atom. The largest absolute Gasteiger partial charge is 0.265 e. The Morgan fingerprint density at radius 1 is 1.10 bits per heavy atom. The van der Waals surface area contributed by atoms with Gasteiger partial charge in [0.2, 0.25) is 0 Å². The van der Waals surface area contributed by atoms with E-state index in [2.05, 4.69) is 4.98 Å². The number of halogens is 2. The average Bonchev–Trinajstić information content (AvgIpc) is 1.90. The van der Waals surface area contributed by atoms with E-state index in [0.29, 0.717) is 0 Å². The van der Waals surface area contributed by atoms with Crippen LogP contribution in [-0.2, 0) is 11.5 Å². The number of nitrogens with one attached hydrogen (secondary N) is 1. The predicted molar refractivity (Wildman–Crippen MR) is 36.5 cm³/mol. The molecule has 0 aliphatic heterocycles. The summed E-state index contributed by atoms with van der Waals surface area (Å²) in [6.45, 7) is 0. The molecule has 0 spiro atoms. The van der Waals surface area contributed by atoms with Crippen LogP contribution in [0.5, 0.6) is 0 Å². The maximum atomic E-state index is 10.0. The van der Waals surface area contributed by atoms with Gasteiger partial charge in [0.25, 0.3) is 11.5 Å². The second-order valence-corrected chi connectivity index (χ2v) is 1.66. The van der Waals surface area contributed by atoms with Gasteiger partial charge in [-0.1, -0.05) is 6.07 Å². The number of hydrogen-bond donors (Lipinski definition) is 1. The van der Waals surface area contributed by atoms with E-state index < -0.39 is 11.5 Å². The van der Waals surface area contributed by atoms with E-state index in [1.54, 1.807) is 12.4 Å². The highest BCUT2D eigenvalue weighted by Gasteiger charge is 1.65. The highest BCUT2D eigenvalue weighted by molar-refractivity contribution is 7.75. The summed E-state index contributed by atoms with van der Waals surface area (Å²) in [5.74, 6) is 0. The second kappa shape index (κ2) is 6.28. The normalized spacial score (nSPS) is 8.30. The van der Waals surface area contributed by atoms with Crippen molar-refractivity contribution in [2.45, 2.75) is 0 Å². The lowest BCUT2D eigenvalue weighted by Gasteiger charge is -1.70. The fraction of sp³-hybridized carbons (Fsp3) is 0. The molecule has 0 fully saturated rings. The van der Waals surface area contributed by atoms with Gasteiger partial charge in [-0.25, -0.2) is 4.78 Å². The zero-order valence-electron chi connectivity index (χ0n) is 5.00. The number of nitrogens with zero attached hydrogens (tertiary/aromatic N) is 1. The first-order valence-electron chi connectivity index (χ1n) is 2.36. The lowest BCUT2D eigenvalue weighted by atomic mass is 10.5. The van der Waals surface area contributed by atoms with Gasteiger partial charge in [0, 0.05) is 12.4 Å². The van der Waals surface area contributed by atoms with Crippen LogP contribution in [0.4, 0.5) is 7.77 Å². The molecule has 0 saturated heterocycles. The molecular formula is C5H6F2N2S. The van der Waals surface area contributed by atoms with Crippen LogP contribution in [-0.4, -0.2) is 4.98 Å². The van der Waals surface area contributed by atoms with Crippen molar-refractivity contribution in [2.24, 2.45) is 0 Å². The lowest BCUT2D eigenvalue weighted by Crippen LogP contribution is -1.58. The molecular weight excluding hydrogens is 158 g/mol. The summed E-state index contributed by atoms with van der Waals surface area (Å²) in [5, 5.41) is 0. The number of pyridine rings is 1. The van der Waals surface area contributed by atoms with E-state index in [1.807, 2.05) is 18.2 Å². The van der Waals surface area contributed by atoms with Gasteiger partial charge in [0.05, 0.1) is 0 Å². The number of hydrogen-bond acceptors (Lipinski definition) is 2. The molecule has 1 aromatic rings. The molecule has 0 unspecified atom stereocenters. The highest BCUT2D eigenvalue weighted by atomic mass is 32.2. The van der Waals surface area contributed by atoms with E-state index in [1.165, 1.54) is 0 Å². The maximum Gasteiger partial charge on any atom is 0.258 e. The fourth-order valence-corrected chi connectivity index (χ4v) is 0.313. The van der Waals surface area contributed by atoms with E-state index in [0.717, 1.165) is 0 Å². The van der Waals surface area contributed by atoms with Crippen molar-refractivity contribution in [3.8, 4) is 0 Å². The van der Waals surface area contributed by atoms with Crippen LogP contribution < -0.4 is 0 Å². The lowest BCUT2D eigenvalue weighted by molar-refractivity contribution is 0.780. The van der Waals surface area contributed by atoms with E-state index in [-0.39, 0.29) is 0 Å². The maximum absolute atomic E-state index is 10.0. The molecule has 10 heavy (non-hydrogen) atoms. The van der Waals surface area contributed by atoms with Crippen molar-refractivity contribution in [2.75, 3.05) is 0 Å². The van der Waals surface area contributed by atoms with Crippen molar-refractivity contribution < 1.29 is 7.77 Å². The molecule has 1 rings (SSSR count). The summed E-state index contributed by atoms with van der Waals surface area (Å²) in [5.41, 5.74) is 0. The Bertz CT molecular complexity index is 150. The highest BCUT2D eigenvalue weighted by Crippen LogP contribution is 1.77. The first-order valence-corrected chi connectivity index (χ1v) is 3.39. The molecule has 1 heterocycles. The zero-order chi connectivity index (χ0) is 7.82. The van der Waals surface area contributed by atoms with Crippen LogP contribution in [0.2, 0.25) is 0 Å². The predicted octanol–water partition coefficient (Wildman–Crippen LogP) is 2.22. The van der Waals surface area contributed by atoms with Gasteiger partial charge in [0.15, 0.2) is 0 Å². The molecule has 0 bridgehead atoms. The van der Waals surface area contributed by atoms with E-state index in [4.69, 9.17) is 4.78 Å². The Labute approximate surface area is 60.4 Å². The summed E-state index contributed by atoms with van der Waals surface area (Å²) in [4.78, 5) is 3.78. The molecule has 0 aromatic carbocycles. The van der Waals surface area contributed by atoms with Gasteiger partial charge in [-0.05, 0) is 12.1 Å². The molecule has 5 heteroatoms. The summed E-state index contributed by atoms with van der Waals surface area (Å²) in [6.07, 6.45) is 3.50. The van der Waals surface area contributed by atoms with Gasteiger partial charge in [0.1, 0.15) is 0 Å². The van der Waals surface area contributed by atoms with Crippen LogP contribution in [0.25, 0.3) is 0 Å². The number of rotatable bonds is 0. The monoisotopic (exact) mass is 164 g/mol. The quantitative estimate of drug-likeness (QED) is 0.627. The molecule has 0 amide bonds. The average molecular weight is 164 g/mol. The first-order chi connectivity index (χ1) is 4.73. The molecule has 0 atom stereocenters. The number of aromatic nitrogens is 1. The van der Waals surface area contributed by atoms with Crippen molar-refractivity contribution in [1.29, 1.82) is 4.78 Å². The zero-order valence-corrected chi connectivity index (χ0v) is 5.81. The third-order valence-corrected chi connectivity index (χ3v) is 0.566. The minimum absolute atomic E-state index is 1.75. The summed E-state index contributed by atoms with van der Waals surface area (Å²) < 4.78 is 25.3. The van der Waals surface area contributed by atoms with Crippen molar-refractivity contribution in [1.82, 2.24) is 4.98 Å². The third kappa shape index (κ3) is 10.2. The molecule has 56 valence electrons. The molecule has 0 aliphatic carbocycles. The van der Waals surface area contributed by atoms with Crippen LogP contribution in [0.3, 0.4) is 0 Å². The molecule has 1 aromatic heterocycles. The summed E-state index contributed by atoms with van der Waals surface area (Å²) >= 11 is -3.11. The first kappa shape index (κ1) is 9.16. The summed E-state index contributed by atoms with van der Waals surface area (Å²) in [7, 11) is 0. The van der Waals surface area contributed by atoms with Crippen LogP contribution >= 0.6 is 0 Å². The van der Waals surface area contributed by atoms with Crippen molar-refractivity contribution in [3.63, 3.8) is 0 Å². The van der Waals surface area contributed by atoms with Gasteiger partial charge in [-0.3, -0.25) is 4.98 Å². The van der Waals surface area contributed by atoms with Crippen LogP contribution in [0.15, 0.2) is 30.6 Å². The molecule has 0 aliphatic rings. The van der Waals surface area contributed by atoms with Gasteiger partial charge in [-0.2, -0.15) is 0 Å². The Hall–Kier alpha value is -0.840. The fourth-order valence-electron chi connectivity index (χ4n) is 0.313.